The van der Waals surface area contributed by atoms with Gasteiger partial charge in [0.1, 0.15) is 18.2 Å². The van der Waals surface area contributed by atoms with Crippen LogP contribution in [0, 0.1) is 10.1 Å². The molecule has 144 valence electrons. The number of amides is 1. The second kappa shape index (κ2) is 7.77. The normalized spacial score (nSPS) is 15.4. The number of para-hydroxylation sites is 2. The highest BCUT2D eigenvalue weighted by atomic mass is 32.2. The van der Waals surface area contributed by atoms with Crippen molar-refractivity contribution in [2.45, 2.75) is 11.3 Å². The van der Waals surface area contributed by atoms with Crippen molar-refractivity contribution in [2.24, 2.45) is 0 Å². The lowest BCUT2D eigenvalue weighted by Crippen LogP contribution is -2.41. The zero-order valence-electron chi connectivity index (χ0n) is 14.5. The van der Waals surface area contributed by atoms with Crippen LogP contribution in [0.15, 0.2) is 52.1 Å². The summed E-state index contributed by atoms with van der Waals surface area (Å²) in [4.78, 5) is 26.6. The predicted molar refractivity (Wildman–Crippen MR) is 101 cm³/mol. The van der Waals surface area contributed by atoms with E-state index in [0.717, 1.165) is 11.8 Å². The fourth-order valence-corrected chi connectivity index (χ4v) is 3.31. The number of non-ortho nitro benzene ring substituents is 1. The molecule has 0 bridgehead atoms. The molecule has 0 fully saturated rings. The molecule has 3 aromatic rings. The number of hydrogen-bond acceptors (Lipinski definition) is 8. The quantitative estimate of drug-likeness (QED) is 0.381. The van der Waals surface area contributed by atoms with Crippen LogP contribution >= 0.6 is 11.8 Å². The van der Waals surface area contributed by atoms with Crippen molar-refractivity contribution >= 4 is 34.5 Å². The second-order valence-electron chi connectivity index (χ2n) is 5.98. The van der Waals surface area contributed by atoms with E-state index in [9.17, 15) is 14.9 Å². The summed E-state index contributed by atoms with van der Waals surface area (Å²) in [6.45, 7) is 0.668. The number of carbonyl (C=O) groups is 1. The number of aromatic nitrogens is 1. The Hall–Kier alpha value is -3.27. The Labute approximate surface area is 163 Å². The van der Waals surface area contributed by atoms with Crippen LogP contribution in [0.25, 0.3) is 11.1 Å². The Morgan fingerprint density at radius 2 is 2.11 bits per heavy atom. The molecule has 9 nitrogen and oxygen atoms in total. The molecule has 4 rings (SSSR count). The number of hydrogen-bond donors (Lipinski definition) is 1. The third-order valence-electron chi connectivity index (χ3n) is 3.98. The smallest absolute Gasteiger partial charge is 0.271 e. The highest BCUT2D eigenvalue weighted by Gasteiger charge is 2.21. The van der Waals surface area contributed by atoms with Crippen LogP contribution in [-0.2, 0) is 4.79 Å². The number of nitrogens with one attached hydrogen (secondary N) is 1. The molecule has 1 atom stereocenters. The average molecular weight is 401 g/mol. The van der Waals surface area contributed by atoms with Gasteiger partial charge in [0.05, 0.1) is 17.2 Å². The van der Waals surface area contributed by atoms with Crippen LogP contribution in [0.1, 0.15) is 0 Å². The molecule has 0 spiro atoms. The van der Waals surface area contributed by atoms with Crippen molar-refractivity contribution in [1.29, 1.82) is 0 Å². The minimum atomic E-state index is -0.496. The monoisotopic (exact) mass is 401 g/mol. The third kappa shape index (κ3) is 4.01. The first-order valence-corrected chi connectivity index (χ1v) is 9.40. The highest BCUT2D eigenvalue weighted by molar-refractivity contribution is 7.99. The number of fused-ring (bicyclic) bond motifs is 2. The lowest BCUT2D eigenvalue weighted by molar-refractivity contribution is -0.384. The number of thioether (sulfide) groups is 1. The molecule has 1 N–H and O–H groups in total. The lowest BCUT2D eigenvalue weighted by Gasteiger charge is -2.26. The van der Waals surface area contributed by atoms with Gasteiger partial charge in [-0.25, -0.2) is 4.98 Å². The van der Waals surface area contributed by atoms with E-state index in [1.54, 1.807) is 0 Å². The molecular weight excluding hydrogens is 386 g/mol. The summed E-state index contributed by atoms with van der Waals surface area (Å²) in [5.74, 6) is 1.24. The molecule has 1 aliphatic heterocycles. The van der Waals surface area contributed by atoms with Gasteiger partial charge in [0.25, 0.3) is 10.9 Å². The van der Waals surface area contributed by atoms with Gasteiger partial charge < -0.3 is 19.2 Å². The Balaban J connectivity index is 1.28. The number of oxazole rings is 1. The molecule has 0 aliphatic carbocycles. The zero-order valence-corrected chi connectivity index (χ0v) is 15.3. The van der Waals surface area contributed by atoms with Crippen LogP contribution < -0.4 is 14.8 Å². The summed E-state index contributed by atoms with van der Waals surface area (Å²) < 4.78 is 16.9. The van der Waals surface area contributed by atoms with E-state index in [-0.39, 0.29) is 28.7 Å². The van der Waals surface area contributed by atoms with E-state index >= 15 is 0 Å². The summed E-state index contributed by atoms with van der Waals surface area (Å²) in [6, 6.07) is 11.5. The molecule has 28 heavy (non-hydrogen) atoms. The maximum absolute atomic E-state index is 12.1. The van der Waals surface area contributed by atoms with Gasteiger partial charge in [-0.2, -0.15) is 0 Å². The molecule has 10 heteroatoms. The standard InChI is InChI=1S/C18H15N3O6S/c22-17(19-8-12-9-25-15-3-1-2-4-16(15)26-12)10-28-18-20-13-7-11(21(23)24)5-6-14(13)27-18/h1-7,12H,8-10H2,(H,19,22). The Bertz CT molecular complexity index is 1040. The van der Waals surface area contributed by atoms with E-state index < -0.39 is 4.92 Å². The molecule has 0 radical (unpaired) electrons. The zero-order chi connectivity index (χ0) is 19.5. The molecule has 1 unspecified atom stereocenters. The van der Waals surface area contributed by atoms with Crippen molar-refractivity contribution < 1.29 is 23.6 Å². The highest BCUT2D eigenvalue weighted by Crippen LogP contribution is 2.30. The number of rotatable bonds is 6. The first-order valence-electron chi connectivity index (χ1n) is 8.41. The molecule has 0 saturated carbocycles. The van der Waals surface area contributed by atoms with Gasteiger partial charge >= 0.3 is 0 Å². The minimum absolute atomic E-state index is 0.0635. The van der Waals surface area contributed by atoms with Crippen molar-refractivity contribution in [3.63, 3.8) is 0 Å². The van der Waals surface area contributed by atoms with Crippen molar-refractivity contribution in [2.75, 3.05) is 18.9 Å². The summed E-state index contributed by atoms with van der Waals surface area (Å²) in [6.07, 6.45) is -0.270. The molecular formula is C18H15N3O6S. The van der Waals surface area contributed by atoms with Gasteiger partial charge in [0, 0.05) is 12.1 Å². The van der Waals surface area contributed by atoms with Crippen LogP contribution in [0.3, 0.4) is 0 Å². The van der Waals surface area contributed by atoms with Crippen LogP contribution in [0.2, 0.25) is 0 Å². The SMILES string of the molecule is O=C(CSc1nc2cc([N+](=O)[O-])ccc2o1)NCC1COc2ccccc2O1. The number of carbonyl (C=O) groups excluding carboxylic acids is 1. The summed E-state index contributed by atoms with van der Waals surface area (Å²) >= 11 is 1.11. The Kier molecular flexibility index (Phi) is 5.02. The second-order valence-corrected chi connectivity index (χ2v) is 6.91. The van der Waals surface area contributed by atoms with Gasteiger partial charge in [-0.1, -0.05) is 23.9 Å². The molecule has 1 amide bonds. The molecule has 1 aliphatic rings. The maximum Gasteiger partial charge on any atom is 0.271 e. The van der Waals surface area contributed by atoms with Gasteiger partial charge in [-0.15, -0.1) is 0 Å². The molecule has 2 heterocycles. The molecule has 0 saturated heterocycles. The van der Waals surface area contributed by atoms with Gasteiger partial charge in [-0.05, 0) is 18.2 Å². The van der Waals surface area contributed by atoms with E-state index in [1.165, 1.54) is 18.2 Å². The van der Waals surface area contributed by atoms with Crippen LogP contribution in [0.4, 0.5) is 5.69 Å². The summed E-state index contributed by atoms with van der Waals surface area (Å²) in [5, 5.41) is 13.9. The Morgan fingerprint density at radius 3 is 2.93 bits per heavy atom. The van der Waals surface area contributed by atoms with E-state index in [0.29, 0.717) is 35.8 Å². The number of ether oxygens (including phenoxy) is 2. The fourth-order valence-electron chi connectivity index (χ4n) is 2.64. The number of nitro groups is 1. The molecule has 1 aromatic heterocycles. The summed E-state index contributed by atoms with van der Waals surface area (Å²) in [7, 11) is 0. The Morgan fingerprint density at radius 1 is 1.29 bits per heavy atom. The predicted octanol–water partition coefficient (Wildman–Crippen LogP) is 2.78. The molecule has 2 aromatic carbocycles. The number of nitrogens with zero attached hydrogens (tertiary/aromatic N) is 2. The van der Waals surface area contributed by atoms with Gasteiger partial charge in [0.15, 0.2) is 17.1 Å². The largest absolute Gasteiger partial charge is 0.486 e. The number of benzene rings is 2. The van der Waals surface area contributed by atoms with E-state index in [2.05, 4.69) is 10.3 Å². The fraction of sp³-hybridized carbons (Fsp3) is 0.222. The minimum Gasteiger partial charge on any atom is -0.486 e. The topological polar surface area (TPSA) is 117 Å². The van der Waals surface area contributed by atoms with Gasteiger partial charge in [-0.3, -0.25) is 14.9 Å². The maximum atomic E-state index is 12.1. The number of nitro benzene ring substituents is 1. The van der Waals surface area contributed by atoms with Crippen LogP contribution in [0.5, 0.6) is 11.5 Å². The van der Waals surface area contributed by atoms with Crippen LogP contribution in [-0.4, -0.2) is 40.8 Å². The van der Waals surface area contributed by atoms with Crippen molar-refractivity contribution in [3.8, 4) is 11.5 Å². The third-order valence-corrected chi connectivity index (χ3v) is 4.81. The first-order chi connectivity index (χ1) is 13.6. The summed E-state index contributed by atoms with van der Waals surface area (Å²) in [5.41, 5.74) is 0.745. The lowest BCUT2D eigenvalue weighted by atomic mass is 10.2. The van der Waals surface area contributed by atoms with Crippen molar-refractivity contribution in [3.05, 3.63) is 52.6 Å². The first kappa shape index (κ1) is 18.1. The average Bonchev–Trinajstić information content (AvgIpc) is 3.12. The van der Waals surface area contributed by atoms with Gasteiger partial charge in [0.2, 0.25) is 5.91 Å². The van der Waals surface area contributed by atoms with Crippen molar-refractivity contribution in [1.82, 2.24) is 10.3 Å². The van der Waals surface area contributed by atoms with E-state index in [1.807, 2.05) is 24.3 Å². The van der Waals surface area contributed by atoms with E-state index in [4.69, 9.17) is 13.9 Å².